The highest BCUT2D eigenvalue weighted by Gasteiger charge is 2.35. The zero-order valence-corrected chi connectivity index (χ0v) is 13.0. The Hall–Kier alpha value is -3.01. The number of alkyl halides is 3. The van der Waals surface area contributed by atoms with Crippen molar-refractivity contribution >= 4 is 31.8 Å². The fraction of sp³-hybridized carbons (Fsp3) is 0.0667. The molecular weight excluding hydrogens is 357 g/mol. The van der Waals surface area contributed by atoms with Crippen molar-refractivity contribution in [3.05, 3.63) is 57.0 Å². The summed E-state index contributed by atoms with van der Waals surface area (Å²) in [4.78, 5) is 35.8. The molecule has 0 atom stereocenters. The Balaban J connectivity index is 2.19. The van der Waals surface area contributed by atoms with Crippen LogP contribution in [0.5, 0.6) is 0 Å². The number of nitrogens with zero attached hydrogens (tertiary/aromatic N) is 2. The van der Waals surface area contributed by atoms with Crippen LogP contribution in [0.3, 0.4) is 0 Å². The van der Waals surface area contributed by atoms with Crippen molar-refractivity contribution in [1.82, 2.24) is 19.9 Å². The molecule has 0 amide bonds. The lowest BCUT2D eigenvalue weighted by molar-refractivity contribution is -0.136. The van der Waals surface area contributed by atoms with E-state index < -0.39 is 23.0 Å². The molecule has 2 N–H and O–H groups in total. The SMILES string of the molecule is O=c1[nH]c(=O)c2sc3nc(-c4ccncc4)cc(C(F)(F)F)c3c2[nH]1. The van der Waals surface area contributed by atoms with Gasteiger partial charge in [-0.1, -0.05) is 0 Å². The second-order valence-electron chi connectivity index (χ2n) is 5.18. The van der Waals surface area contributed by atoms with E-state index in [1.54, 1.807) is 0 Å². The topological polar surface area (TPSA) is 91.5 Å². The number of aromatic amines is 2. The van der Waals surface area contributed by atoms with Crippen LogP contribution in [-0.2, 0) is 6.18 Å². The van der Waals surface area contributed by atoms with Gasteiger partial charge in [-0.3, -0.25) is 14.8 Å². The van der Waals surface area contributed by atoms with E-state index in [1.807, 2.05) is 4.98 Å². The summed E-state index contributed by atoms with van der Waals surface area (Å²) in [5, 5.41) is -0.284. The van der Waals surface area contributed by atoms with Crippen LogP contribution in [0, 0.1) is 0 Å². The van der Waals surface area contributed by atoms with E-state index in [-0.39, 0.29) is 26.1 Å². The van der Waals surface area contributed by atoms with Crippen LogP contribution in [0.15, 0.2) is 40.2 Å². The normalized spacial score (nSPS) is 12.1. The lowest BCUT2D eigenvalue weighted by atomic mass is 10.1. The van der Waals surface area contributed by atoms with Gasteiger partial charge < -0.3 is 4.98 Å². The molecule has 6 nitrogen and oxygen atoms in total. The highest BCUT2D eigenvalue weighted by Crippen LogP contribution is 2.41. The fourth-order valence-corrected chi connectivity index (χ4v) is 3.63. The molecule has 4 heterocycles. The first-order valence-electron chi connectivity index (χ1n) is 6.92. The summed E-state index contributed by atoms with van der Waals surface area (Å²) in [6, 6.07) is 3.98. The molecule has 25 heavy (non-hydrogen) atoms. The van der Waals surface area contributed by atoms with Gasteiger partial charge in [-0.05, 0) is 18.2 Å². The Morgan fingerprint density at radius 1 is 1.08 bits per heavy atom. The van der Waals surface area contributed by atoms with Crippen LogP contribution in [0.25, 0.3) is 31.7 Å². The first kappa shape index (κ1) is 15.5. The maximum Gasteiger partial charge on any atom is 0.417 e. The largest absolute Gasteiger partial charge is 0.417 e. The first-order chi connectivity index (χ1) is 11.8. The van der Waals surface area contributed by atoms with Gasteiger partial charge >= 0.3 is 11.9 Å². The third kappa shape index (κ3) is 2.50. The summed E-state index contributed by atoms with van der Waals surface area (Å²) in [5.74, 6) is 0. The Morgan fingerprint density at radius 2 is 1.80 bits per heavy atom. The van der Waals surface area contributed by atoms with Crippen LogP contribution < -0.4 is 11.2 Å². The Kier molecular flexibility index (Phi) is 3.25. The van der Waals surface area contributed by atoms with Crippen molar-refractivity contribution in [3.8, 4) is 11.3 Å². The van der Waals surface area contributed by atoms with Gasteiger partial charge in [0.25, 0.3) is 5.56 Å². The molecule has 0 saturated carbocycles. The highest BCUT2D eigenvalue weighted by atomic mass is 32.1. The van der Waals surface area contributed by atoms with Crippen molar-refractivity contribution in [2.24, 2.45) is 0 Å². The summed E-state index contributed by atoms with van der Waals surface area (Å²) in [6.45, 7) is 0. The van der Waals surface area contributed by atoms with Crippen molar-refractivity contribution in [2.45, 2.75) is 6.18 Å². The highest BCUT2D eigenvalue weighted by molar-refractivity contribution is 7.25. The molecule has 4 aromatic rings. The molecule has 4 aromatic heterocycles. The first-order valence-corrected chi connectivity index (χ1v) is 7.73. The van der Waals surface area contributed by atoms with Gasteiger partial charge in [-0.2, -0.15) is 13.2 Å². The minimum Gasteiger partial charge on any atom is -0.305 e. The van der Waals surface area contributed by atoms with E-state index in [4.69, 9.17) is 0 Å². The molecule has 0 fully saturated rings. The molecule has 10 heteroatoms. The summed E-state index contributed by atoms with van der Waals surface area (Å²) in [6.07, 6.45) is -1.79. The molecule has 0 spiro atoms. The number of halogens is 3. The minimum absolute atomic E-state index is 0.0144. The summed E-state index contributed by atoms with van der Waals surface area (Å²) in [5.41, 5.74) is -2.18. The quantitative estimate of drug-likeness (QED) is 0.543. The molecule has 0 radical (unpaired) electrons. The molecule has 0 aromatic carbocycles. The predicted molar refractivity (Wildman–Crippen MR) is 86.6 cm³/mol. The molecule has 0 aliphatic carbocycles. The monoisotopic (exact) mass is 364 g/mol. The van der Waals surface area contributed by atoms with Crippen molar-refractivity contribution in [3.63, 3.8) is 0 Å². The fourth-order valence-electron chi connectivity index (χ4n) is 2.58. The third-order valence-corrected chi connectivity index (χ3v) is 4.70. The number of pyridine rings is 2. The van der Waals surface area contributed by atoms with Crippen LogP contribution in [0.4, 0.5) is 13.2 Å². The van der Waals surface area contributed by atoms with Gasteiger partial charge in [0.2, 0.25) is 0 Å². The van der Waals surface area contributed by atoms with Crippen LogP contribution in [0.2, 0.25) is 0 Å². The molecule has 0 aliphatic rings. The molecule has 126 valence electrons. The average Bonchev–Trinajstić information content (AvgIpc) is 2.93. The smallest absolute Gasteiger partial charge is 0.305 e. The standard InChI is InChI=1S/C15H7F3N4O2S/c16-15(17,18)7-5-8(6-1-3-19-4-2-6)20-13-9(7)10-11(25-13)12(23)22-14(24)21-10/h1-5H,(H2,21,22,23,24). The Labute approximate surface area is 140 Å². The molecule has 0 aliphatic heterocycles. The van der Waals surface area contributed by atoms with Gasteiger partial charge in [-0.25, -0.2) is 9.78 Å². The van der Waals surface area contributed by atoms with Crippen LogP contribution >= 0.6 is 11.3 Å². The third-order valence-electron chi connectivity index (χ3n) is 3.62. The van der Waals surface area contributed by atoms with E-state index >= 15 is 0 Å². The second kappa shape index (κ2) is 5.24. The van der Waals surface area contributed by atoms with Crippen molar-refractivity contribution in [1.29, 1.82) is 0 Å². The number of rotatable bonds is 1. The van der Waals surface area contributed by atoms with Crippen molar-refractivity contribution < 1.29 is 13.2 Å². The Bertz CT molecular complexity index is 1230. The van der Waals surface area contributed by atoms with E-state index in [9.17, 15) is 22.8 Å². The lowest BCUT2D eigenvalue weighted by Gasteiger charge is -2.10. The number of hydrogen-bond acceptors (Lipinski definition) is 5. The van der Waals surface area contributed by atoms with E-state index in [0.29, 0.717) is 5.56 Å². The average molecular weight is 364 g/mol. The van der Waals surface area contributed by atoms with Gasteiger partial charge in [-0.15, -0.1) is 11.3 Å². The van der Waals surface area contributed by atoms with Crippen LogP contribution in [0.1, 0.15) is 5.56 Å². The molecular formula is C15H7F3N4O2S. The zero-order valence-electron chi connectivity index (χ0n) is 12.1. The molecule has 0 saturated heterocycles. The minimum atomic E-state index is -4.68. The summed E-state index contributed by atoms with van der Waals surface area (Å²) < 4.78 is 40.8. The van der Waals surface area contributed by atoms with Gasteiger partial charge in [0, 0.05) is 23.3 Å². The van der Waals surface area contributed by atoms with Gasteiger partial charge in [0.15, 0.2) is 0 Å². The maximum absolute atomic E-state index is 13.6. The number of nitrogens with one attached hydrogen (secondary N) is 2. The maximum atomic E-state index is 13.6. The number of hydrogen-bond donors (Lipinski definition) is 2. The second-order valence-corrected chi connectivity index (χ2v) is 6.18. The number of aromatic nitrogens is 4. The molecule has 0 bridgehead atoms. The number of H-pyrrole nitrogens is 2. The Morgan fingerprint density at radius 3 is 2.48 bits per heavy atom. The number of thiophene rings is 1. The summed E-state index contributed by atoms with van der Waals surface area (Å²) >= 11 is 0.795. The predicted octanol–water partition coefficient (Wildman–Crippen LogP) is 2.91. The van der Waals surface area contributed by atoms with Crippen LogP contribution in [-0.4, -0.2) is 19.9 Å². The molecule has 4 rings (SSSR count). The van der Waals surface area contributed by atoms with E-state index in [0.717, 1.165) is 17.4 Å². The van der Waals surface area contributed by atoms with E-state index in [1.165, 1.54) is 24.5 Å². The van der Waals surface area contributed by atoms with Gasteiger partial charge in [0.1, 0.15) is 9.53 Å². The van der Waals surface area contributed by atoms with Gasteiger partial charge in [0.05, 0.1) is 16.8 Å². The van der Waals surface area contributed by atoms with Crippen molar-refractivity contribution in [2.75, 3.05) is 0 Å². The summed E-state index contributed by atoms with van der Waals surface area (Å²) in [7, 11) is 0. The van der Waals surface area contributed by atoms with E-state index in [2.05, 4.69) is 15.0 Å². The zero-order chi connectivity index (χ0) is 17.8. The molecule has 0 unspecified atom stereocenters. The lowest BCUT2D eigenvalue weighted by Crippen LogP contribution is -2.20. The number of fused-ring (bicyclic) bond motifs is 3.